The Bertz CT molecular complexity index is 1070. The minimum absolute atomic E-state index is 0.0165. The lowest BCUT2D eigenvalue weighted by molar-refractivity contribution is -0.121. The topological polar surface area (TPSA) is 102 Å². The number of primary amides is 1. The Kier molecular flexibility index (Phi) is 5.44. The number of nitrogens with one attached hydrogen (secondary N) is 1. The van der Waals surface area contributed by atoms with Crippen LogP contribution < -0.4 is 11.1 Å². The summed E-state index contributed by atoms with van der Waals surface area (Å²) >= 11 is 0. The Balaban J connectivity index is 1.69. The molecule has 0 fully saturated rings. The number of aromatic nitrogens is 3. The molecule has 0 spiro atoms. The molecule has 0 unspecified atom stereocenters. The normalized spacial score (nSPS) is 11.0. The SMILES string of the molecule is Cc1ccc(CNC(=O)CCc2c(C)nc3c(C(N)=O)cnn3c2C)c(C)c1. The van der Waals surface area contributed by atoms with E-state index >= 15 is 0 Å². The summed E-state index contributed by atoms with van der Waals surface area (Å²) in [5.74, 6) is -0.572. The molecule has 7 heteroatoms. The van der Waals surface area contributed by atoms with E-state index in [1.807, 2.05) is 32.9 Å². The first kappa shape index (κ1) is 19.5. The summed E-state index contributed by atoms with van der Waals surface area (Å²) < 4.78 is 1.61. The zero-order chi connectivity index (χ0) is 20.4. The standard InChI is InChI=1S/C21H25N5O2/c1-12-5-6-16(13(2)9-12)10-23-19(27)8-7-17-14(3)25-21-18(20(22)28)11-24-26(21)15(17)4/h5-6,9,11H,7-8,10H2,1-4H3,(H2,22,28)(H,23,27). The van der Waals surface area contributed by atoms with Crippen molar-refractivity contribution in [2.75, 3.05) is 0 Å². The van der Waals surface area contributed by atoms with Gasteiger partial charge in [-0.25, -0.2) is 9.50 Å². The molecule has 0 saturated carbocycles. The van der Waals surface area contributed by atoms with Crippen LogP contribution in [-0.2, 0) is 17.8 Å². The van der Waals surface area contributed by atoms with Gasteiger partial charge in [-0.15, -0.1) is 0 Å². The fourth-order valence-electron chi connectivity index (χ4n) is 3.41. The van der Waals surface area contributed by atoms with Gasteiger partial charge in [0.1, 0.15) is 5.56 Å². The van der Waals surface area contributed by atoms with E-state index in [2.05, 4.69) is 28.4 Å². The second-order valence-electron chi connectivity index (χ2n) is 7.13. The third kappa shape index (κ3) is 3.88. The third-order valence-electron chi connectivity index (χ3n) is 5.05. The van der Waals surface area contributed by atoms with Crippen molar-refractivity contribution in [3.63, 3.8) is 0 Å². The lowest BCUT2D eigenvalue weighted by Crippen LogP contribution is -2.24. The van der Waals surface area contributed by atoms with Crippen molar-refractivity contribution in [2.45, 2.75) is 47.1 Å². The van der Waals surface area contributed by atoms with E-state index in [1.165, 1.54) is 17.3 Å². The van der Waals surface area contributed by atoms with Crippen molar-refractivity contribution in [1.82, 2.24) is 19.9 Å². The number of hydrogen-bond donors (Lipinski definition) is 2. The van der Waals surface area contributed by atoms with Gasteiger partial charge in [-0.3, -0.25) is 9.59 Å². The van der Waals surface area contributed by atoms with Crippen LogP contribution in [0.5, 0.6) is 0 Å². The fourth-order valence-corrected chi connectivity index (χ4v) is 3.41. The molecule has 3 rings (SSSR count). The van der Waals surface area contributed by atoms with Crippen molar-refractivity contribution in [3.8, 4) is 0 Å². The number of aryl methyl sites for hydroxylation is 4. The fraction of sp³-hybridized carbons (Fsp3) is 0.333. The molecule has 2 heterocycles. The maximum atomic E-state index is 12.3. The number of nitrogens with zero attached hydrogens (tertiary/aromatic N) is 3. The molecule has 0 radical (unpaired) electrons. The summed E-state index contributed by atoms with van der Waals surface area (Å²) in [7, 11) is 0. The van der Waals surface area contributed by atoms with E-state index in [4.69, 9.17) is 5.73 Å². The first-order valence-electron chi connectivity index (χ1n) is 9.24. The van der Waals surface area contributed by atoms with Crippen LogP contribution in [0.4, 0.5) is 0 Å². The van der Waals surface area contributed by atoms with E-state index in [0.717, 1.165) is 22.5 Å². The summed E-state index contributed by atoms with van der Waals surface area (Å²) in [6, 6.07) is 6.21. The van der Waals surface area contributed by atoms with Crippen molar-refractivity contribution in [3.05, 3.63) is 63.6 Å². The van der Waals surface area contributed by atoms with Gasteiger partial charge in [-0.05, 0) is 50.8 Å². The van der Waals surface area contributed by atoms with Gasteiger partial charge in [0.25, 0.3) is 5.91 Å². The third-order valence-corrected chi connectivity index (χ3v) is 5.05. The first-order valence-corrected chi connectivity index (χ1v) is 9.24. The van der Waals surface area contributed by atoms with Gasteiger partial charge in [0.05, 0.1) is 6.20 Å². The molecule has 1 aromatic carbocycles. The summed E-state index contributed by atoms with van der Waals surface area (Å²) in [4.78, 5) is 28.3. The van der Waals surface area contributed by atoms with Crippen LogP contribution in [-0.4, -0.2) is 26.4 Å². The van der Waals surface area contributed by atoms with E-state index in [1.54, 1.807) is 4.52 Å². The molecule has 0 aliphatic carbocycles. The predicted molar refractivity (Wildman–Crippen MR) is 107 cm³/mol. The maximum Gasteiger partial charge on any atom is 0.254 e. The van der Waals surface area contributed by atoms with Crippen molar-refractivity contribution >= 4 is 17.5 Å². The molecule has 0 aliphatic rings. The number of rotatable bonds is 6. The molecular formula is C21H25N5O2. The van der Waals surface area contributed by atoms with E-state index < -0.39 is 5.91 Å². The van der Waals surface area contributed by atoms with Crippen LogP contribution in [0.1, 0.15) is 50.4 Å². The van der Waals surface area contributed by atoms with Crippen LogP contribution in [0.25, 0.3) is 5.65 Å². The largest absolute Gasteiger partial charge is 0.365 e. The first-order chi connectivity index (χ1) is 13.3. The molecular weight excluding hydrogens is 354 g/mol. The van der Waals surface area contributed by atoms with Crippen LogP contribution in [0.15, 0.2) is 24.4 Å². The van der Waals surface area contributed by atoms with Crippen LogP contribution in [0.3, 0.4) is 0 Å². The number of carbonyl (C=O) groups excluding carboxylic acids is 2. The van der Waals surface area contributed by atoms with Gasteiger partial charge in [0, 0.05) is 24.4 Å². The van der Waals surface area contributed by atoms with E-state index in [9.17, 15) is 9.59 Å². The second-order valence-corrected chi connectivity index (χ2v) is 7.13. The number of hydrogen-bond acceptors (Lipinski definition) is 4. The maximum absolute atomic E-state index is 12.3. The van der Waals surface area contributed by atoms with Gasteiger partial charge in [0.15, 0.2) is 5.65 Å². The average Bonchev–Trinajstić information content (AvgIpc) is 3.05. The molecule has 3 N–H and O–H groups in total. The Morgan fingerprint density at radius 1 is 1.18 bits per heavy atom. The van der Waals surface area contributed by atoms with E-state index in [-0.39, 0.29) is 5.91 Å². The van der Waals surface area contributed by atoms with Crippen molar-refractivity contribution < 1.29 is 9.59 Å². The summed E-state index contributed by atoms with van der Waals surface area (Å²) in [5.41, 5.74) is 12.2. The smallest absolute Gasteiger partial charge is 0.254 e. The highest BCUT2D eigenvalue weighted by molar-refractivity contribution is 5.98. The monoisotopic (exact) mass is 379 g/mol. The molecule has 3 aromatic rings. The molecule has 0 aliphatic heterocycles. The number of amides is 2. The lowest BCUT2D eigenvalue weighted by atomic mass is 10.0. The highest BCUT2D eigenvalue weighted by Crippen LogP contribution is 2.18. The van der Waals surface area contributed by atoms with Gasteiger partial charge in [-0.1, -0.05) is 23.8 Å². The molecule has 0 saturated heterocycles. The molecule has 146 valence electrons. The lowest BCUT2D eigenvalue weighted by Gasteiger charge is -2.12. The number of fused-ring (bicyclic) bond motifs is 1. The highest BCUT2D eigenvalue weighted by atomic mass is 16.1. The predicted octanol–water partition coefficient (Wildman–Crippen LogP) is 2.31. The Morgan fingerprint density at radius 3 is 2.61 bits per heavy atom. The molecule has 7 nitrogen and oxygen atoms in total. The van der Waals surface area contributed by atoms with Gasteiger partial charge < -0.3 is 11.1 Å². The van der Waals surface area contributed by atoms with E-state index in [0.29, 0.717) is 30.6 Å². The molecule has 2 amide bonds. The molecule has 0 atom stereocenters. The summed E-state index contributed by atoms with van der Waals surface area (Å²) in [5, 5.41) is 7.20. The zero-order valence-electron chi connectivity index (χ0n) is 16.7. The Hall–Kier alpha value is -3.22. The van der Waals surface area contributed by atoms with Gasteiger partial charge in [-0.2, -0.15) is 5.10 Å². The number of carbonyl (C=O) groups is 2. The molecule has 28 heavy (non-hydrogen) atoms. The second kappa shape index (κ2) is 7.80. The summed E-state index contributed by atoms with van der Waals surface area (Å²) in [6.07, 6.45) is 2.33. The quantitative estimate of drug-likeness (QED) is 0.686. The van der Waals surface area contributed by atoms with Crippen molar-refractivity contribution in [2.24, 2.45) is 5.73 Å². The highest BCUT2D eigenvalue weighted by Gasteiger charge is 2.17. The number of benzene rings is 1. The van der Waals surface area contributed by atoms with Crippen molar-refractivity contribution in [1.29, 1.82) is 0 Å². The molecule has 0 bridgehead atoms. The zero-order valence-corrected chi connectivity index (χ0v) is 16.7. The van der Waals surface area contributed by atoms with Crippen LogP contribution in [0, 0.1) is 27.7 Å². The Morgan fingerprint density at radius 2 is 1.93 bits per heavy atom. The summed E-state index contributed by atoms with van der Waals surface area (Å²) in [6.45, 7) is 8.39. The molecule has 2 aromatic heterocycles. The van der Waals surface area contributed by atoms with Gasteiger partial charge >= 0.3 is 0 Å². The Labute approximate surface area is 164 Å². The van der Waals surface area contributed by atoms with Crippen LogP contribution in [0.2, 0.25) is 0 Å². The van der Waals surface area contributed by atoms with Gasteiger partial charge in [0.2, 0.25) is 5.91 Å². The average molecular weight is 379 g/mol. The minimum atomic E-state index is -0.556. The van der Waals surface area contributed by atoms with Crippen LogP contribution >= 0.6 is 0 Å². The number of nitrogens with two attached hydrogens (primary N) is 1. The minimum Gasteiger partial charge on any atom is -0.365 e.